The highest BCUT2D eigenvalue weighted by atomic mass is 16.5. The number of rotatable bonds is 8. The summed E-state index contributed by atoms with van der Waals surface area (Å²) in [6.45, 7) is 2.67. The van der Waals surface area contributed by atoms with Gasteiger partial charge in [-0.15, -0.1) is 0 Å². The van der Waals surface area contributed by atoms with E-state index in [4.69, 9.17) is 4.74 Å². The first-order valence-electron chi connectivity index (χ1n) is 7.69. The van der Waals surface area contributed by atoms with Gasteiger partial charge in [0.2, 0.25) is 5.91 Å². The van der Waals surface area contributed by atoms with E-state index in [1.54, 1.807) is 6.92 Å². The summed E-state index contributed by atoms with van der Waals surface area (Å²) in [4.78, 5) is 25.6. The van der Waals surface area contributed by atoms with Crippen molar-refractivity contribution in [2.75, 3.05) is 13.2 Å². The largest absolute Gasteiger partial charge is 0.466 e. The van der Waals surface area contributed by atoms with Crippen molar-refractivity contribution >= 4 is 11.9 Å². The molecule has 1 aromatic rings. The Labute approximate surface area is 126 Å². The smallest absolute Gasteiger partial charge is 0.307 e. The van der Waals surface area contributed by atoms with Gasteiger partial charge >= 0.3 is 5.97 Å². The Morgan fingerprint density at radius 1 is 1.19 bits per heavy atom. The van der Waals surface area contributed by atoms with Gasteiger partial charge in [-0.25, -0.2) is 0 Å². The Kier molecular flexibility index (Phi) is 5.78. The average Bonchev–Trinajstić information content (AvgIpc) is 3.31. The molecular formula is C17H23NO3. The van der Waals surface area contributed by atoms with E-state index in [2.05, 4.69) is 0 Å². The maximum Gasteiger partial charge on any atom is 0.307 e. The lowest BCUT2D eigenvalue weighted by molar-refractivity contribution is -0.144. The maximum absolute atomic E-state index is 12.3. The Morgan fingerprint density at radius 2 is 1.90 bits per heavy atom. The van der Waals surface area contributed by atoms with E-state index in [-0.39, 0.29) is 11.9 Å². The van der Waals surface area contributed by atoms with Gasteiger partial charge in [0.1, 0.15) is 0 Å². The monoisotopic (exact) mass is 289 g/mol. The van der Waals surface area contributed by atoms with E-state index in [9.17, 15) is 9.59 Å². The number of benzene rings is 1. The number of amides is 1. The molecule has 0 spiro atoms. The van der Waals surface area contributed by atoms with Gasteiger partial charge in [0.05, 0.1) is 13.0 Å². The Morgan fingerprint density at radius 3 is 2.52 bits per heavy atom. The van der Waals surface area contributed by atoms with Gasteiger partial charge < -0.3 is 9.64 Å². The molecule has 1 aromatic carbocycles. The third-order valence-electron chi connectivity index (χ3n) is 3.64. The molecule has 0 atom stereocenters. The highest BCUT2D eigenvalue weighted by Gasteiger charge is 2.32. The summed E-state index contributed by atoms with van der Waals surface area (Å²) in [7, 11) is 0. The molecule has 1 aliphatic carbocycles. The van der Waals surface area contributed by atoms with Crippen LogP contribution in [-0.4, -0.2) is 36.0 Å². The quantitative estimate of drug-likeness (QED) is 0.691. The van der Waals surface area contributed by atoms with Gasteiger partial charge in [-0.3, -0.25) is 9.59 Å². The Bertz CT molecular complexity index is 468. The second-order valence-corrected chi connectivity index (χ2v) is 5.36. The molecule has 114 valence electrons. The highest BCUT2D eigenvalue weighted by molar-refractivity contribution is 5.78. The summed E-state index contributed by atoms with van der Waals surface area (Å²) >= 11 is 0. The lowest BCUT2D eigenvalue weighted by Crippen LogP contribution is -2.35. The molecule has 0 unspecified atom stereocenters. The van der Waals surface area contributed by atoms with Crippen molar-refractivity contribution in [3.8, 4) is 0 Å². The lowest BCUT2D eigenvalue weighted by Gasteiger charge is -2.22. The molecule has 1 saturated carbocycles. The highest BCUT2D eigenvalue weighted by Crippen LogP contribution is 2.27. The summed E-state index contributed by atoms with van der Waals surface area (Å²) in [6, 6.07) is 10.4. The molecule has 0 aromatic heterocycles. The summed E-state index contributed by atoms with van der Waals surface area (Å²) in [5.74, 6) is -0.0790. The summed E-state index contributed by atoms with van der Waals surface area (Å²) in [6.07, 6.45) is 3.66. The topological polar surface area (TPSA) is 46.6 Å². The van der Waals surface area contributed by atoms with Gasteiger partial charge in [0.25, 0.3) is 0 Å². The lowest BCUT2D eigenvalue weighted by atomic mass is 10.1. The second-order valence-electron chi connectivity index (χ2n) is 5.36. The fourth-order valence-corrected chi connectivity index (χ4v) is 2.38. The zero-order valence-corrected chi connectivity index (χ0v) is 12.6. The number of aryl methyl sites for hydroxylation is 1. The molecule has 1 fully saturated rings. The SMILES string of the molecule is CCOC(=O)CCN(C(=O)CCc1ccccc1)C1CC1. The van der Waals surface area contributed by atoms with Crippen molar-refractivity contribution in [3.63, 3.8) is 0 Å². The molecule has 21 heavy (non-hydrogen) atoms. The molecular weight excluding hydrogens is 266 g/mol. The third kappa shape index (κ3) is 5.21. The van der Waals surface area contributed by atoms with Gasteiger partial charge in [0.15, 0.2) is 0 Å². The molecule has 0 N–H and O–H groups in total. The fourth-order valence-electron chi connectivity index (χ4n) is 2.38. The second kappa shape index (κ2) is 7.81. The number of carbonyl (C=O) groups is 2. The molecule has 1 amide bonds. The van der Waals surface area contributed by atoms with E-state index in [1.165, 1.54) is 5.56 Å². The van der Waals surface area contributed by atoms with Crippen molar-refractivity contribution < 1.29 is 14.3 Å². The predicted octanol–water partition coefficient (Wildman–Crippen LogP) is 2.56. The minimum atomic E-state index is -0.223. The first-order valence-corrected chi connectivity index (χ1v) is 7.69. The van der Waals surface area contributed by atoms with Crippen LogP contribution < -0.4 is 0 Å². The van der Waals surface area contributed by atoms with Crippen LogP contribution in [0.25, 0.3) is 0 Å². The van der Waals surface area contributed by atoms with Crippen molar-refractivity contribution in [3.05, 3.63) is 35.9 Å². The third-order valence-corrected chi connectivity index (χ3v) is 3.64. The molecule has 0 saturated heterocycles. The zero-order chi connectivity index (χ0) is 15.1. The van der Waals surface area contributed by atoms with Crippen LogP contribution in [0.5, 0.6) is 0 Å². The van der Waals surface area contributed by atoms with Crippen LogP contribution in [0.1, 0.15) is 38.2 Å². The van der Waals surface area contributed by atoms with Crippen LogP contribution in [0, 0.1) is 0 Å². The normalized spacial score (nSPS) is 13.8. The Balaban J connectivity index is 1.80. The average molecular weight is 289 g/mol. The van der Waals surface area contributed by atoms with E-state index in [0.29, 0.717) is 32.0 Å². The molecule has 2 rings (SSSR count). The molecule has 1 aliphatic rings. The molecule has 0 bridgehead atoms. The summed E-state index contributed by atoms with van der Waals surface area (Å²) in [5.41, 5.74) is 1.17. The number of hydrogen-bond acceptors (Lipinski definition) is 3. The standard InChI is InChI=1S/C17H23NO3/c1-2-21-17(20)12-13-18(15-9-10-15)16(19)11-8-14-6-4-3-5-7-14/h3-7,15H,2,8-13H2,1H3. The first kappa shape index (κ1) is 15.5. The number of carbonyl (C=O) groups excluding carboxylic acids is 2. The van der Waals surface area contributed by atoms with Crippen molar-refractivity contribution in [1.82, 2.24) is 4.90 Å². The van der Waals surface area contributed by atoms with E-state index < -0.39 is 0 Å². The van der Waals surface area contributed by atoms with Crippen LogP contribution in [0.2, 0.25) is 0 Å². The minimum Gasteiger partial charge on any atom is -0.466 e. The molecule has 4 heteroatoms. The number of hydrogen-bond donors (Lipinski definition) is 0. The van der Waals surface area contributed by atoms with Crippen LogP contribution in [-0.2, 0) is 20.7 Å². The van der Waals surface area contributed by atoms with Gasteiger partial charge in [-0.2, -0.15) is 0 Å². The van der Waals surface area contributed by atoms with Crippen molar-refractivity contribution in [2.45, 2.75) is 45.1 Å². The Hall–Kier alpha value is -1.84. The number of nitrogens with zero attached hydrogens (tertiary/aromatic N) is 1. The van der Waals surface area contributed by atoms with E-state index >= 15 is 0 Å². The fraction of sp³-hybridized carbons (Fsp3) is 0.529. The zero-order valence-electron chi connectivity index (χ0n) is 12.6. The number of ether oxygens (including phenoxy) is 1. The first-order chi connectivity index (χ1) is 10.2. The van der Waals surface area contributed by atoms with Gasteiger partial charge in [-0.1, -0.05) is 30.3 Å². The van der Waals surface area contributed by atoms with Crippen molar-refractivity contribution in [1.29, 1.82) is 0 Å². The maximum atomic E-state index is 12.3. The predicted molar refractivity (Wildman–Crippen MR) is 80.7 cm³/mol. The van der Waals surface area contributed by atoms with Crippen LogP contribution in [0.3, 0.4) is 0 Å². The minimum absolute atomic E-state index is 0.144. The molecule has 0 aliphatic heterocycles. The van der Waals surface area contributed by atoms with E-state index in [1.807, 2.05) is 35.2 Å². The molecule has 0 heterocycles. The molecule has 4 nitrogen and oxygen atoms in total. The van der Waals surface area contributed by atoms with Crippen LogP contribution in [0.4, 0.5) is 0 Å². The van der Waals surface area contributed by atoms with Crippen molar-refractivity contribution in [2.24, 2.45) is 0 Å². The van der Waals surface area contributed by atoms with Crippen LogP contribution >= 0.6 is 0 Å². The van der Waals surface area contributed by atoms with Crippen LogP contribution in [0.15, 0.2) is 30.3 Å². The van der Waals surface area contributed by atoms with Gasteiger partial charge in [0, 0.05) is 19.0 Å². The van der Waals surface area contributed by atoms with E-state index in [0.717, 1.165) is 19.3 Å². The summed E-state index contributed by atoms with van der Waals surface area (Å²) < 4.78 is 4.92. The number of esters is 1. The molecule has 0 radical (unpaired) electrons. The summed E-state index contributed by atoms with van der Waals surface area (Å²) in [5, 5.41) is 0. The van der Waals surface area contributed by atoms with Gasteiger partial charge in [-0.05, 0) is 31.7 Å².